The molecule has 2 nitrogen and oxygen atoms in total. The number of morpholine rings is 1. The van der Waals surface area contributed by atoms with E-state index in [4.69, 9.17) is 4.74 Å². The van der Waals surface area contributed by atoms with Gasteiger partial charge in [-0.15, -0.1) is 11.8 Å². The van der Waals surface area contributed by atoms with E-state index in [1.807, 2.05) is 30.3 Å². The number of hydrogen-bond donors (Lipinski definition) is 0. The lowest BCUT2D eigenvalue weighted by molar-refractivity contribution is -0.139. The fourth-order valence-electron chi connectivity index (χ4n) is 3.88. The molecule has 1 aliphatic rings. The Labute approximate surface area is 189 Å². The normalized spacial score (nSPS) is 18.4. The number of halogens is 4. The summed E-state index contributed by atoms with van der Waals surface area (Å²) in [5.41, 5.74) is 1.08. The van der Waals surface area contributed by atoms with E-state index < -0.39 is 22.8 Å². The van der Waals surface area contributed by atoms with Gasteiger partial charge < -0.3 is 4.74 Å². The van der Waals surface area contributed by atoms with Gasteiger partial charge in [-0.25, -0.2) is 4.39 Å². The van der Waals surface area contributed by atoms with Gasteiger partial charge in [0.1, 0.15) is 5.82 Å². The molecule has 0 radical (unpaired) electrons. The van der Waals surface area contributed by atoms with E-state index in [-0.39, 0.29) is 11.0 Å². The predicted octanol–water partition coefficient (Wildman–Crippen LogP) is 6.58. The first-order valence-corrected chi connectivity index (χ1v) is 11.2. The lowest BCUT2D eigenvalue weighted by Gasteiger charge is -2.37. The van der Waals surface area contributed by atoms with E-state index in [0.29, 0.717) is 18.7 Å². The monoisotopic (exact) mass is 461 g/mol. The van der Waals surface area contributed by atoms with Gasteiger partial charge in [-0.1, -0.05) is 54.6 Å². The maximum absolute atomic E-state index is 14.0. The summed E-state index contributed by atoms with van der Waals surface area (Å²) >= 11 is 1.08. The molecule has 0 amide bonds. The molecule has 1 aliphatic heterocycles. The van der Waals surface area contributed by atoms with Gasteiger partial charge in [-0.05, 0) is 35.4 Å². The van der Waals surface area contributed by atoms with Crippen LogP contribution in [-0.2, 0) is 17.5 Å². The van der Waals surface area contributed by atoms with E-state index in [0.717, 1.165) is 36.5 Å². The minimum absolute atomic E-state index is 0.109. The first-order chi connectivity index (χ1) is 15.4. The fraction of sp³-hybridized carbons (Fsp3) is 0.280. The van der Waals surface area contributed by atoms with Crippen LogP contribution in [0.3, 0.4) is 0 Å². The third-order valence-corrected chi connectivity index (χ3v) is 6.83. The summed E-state index contributed by atoms with van der Waals surface area (Å²) < 4.78 is 60.9. The van der Waals surface area contributed by atoms with Crippen LogP contribution in [0.15, 0.2) is 83.8 Å². The maximum Gasteiger partial charge on any atom is 0.417 e. The Kier molecular flexibility index (Phi) is 7.18. The second-order valence-corrected chi connectivity index (χ2v) is 8.90. The second kappa shape index (κ2) is 10.1. The quantitative estimate of drug-likeness (QED) is 0.304. The summed E-state index contributed by atoms with van der Waals surface area (Å²) in [6.45, 7) is 2.45. The van der Waals surface area contributed by atoms with E-state index in [1.165, 1.54) is 24.3 Å². The number of alkyl halides is 3. The van der Waals surface area contributed by atoms with Gasteiger partial charge in [0.15, 0.2) is 0 Å². The van der Waals surface area contributed by atoms with E-state index in [2.05, 4.69) is 4.90 Å². The van der Waals surface area contributed by atoms with E-state index >= 15 is 0 Å². The van der Waals surface area contributed by atoms with Gasteiger partial charge in [0.2, 0.25) is 0 Å². The third-order valence-electron chi connectivity index (χ3n) is 5.39. The predicted molar refractivity (Wildman–Crippen MR) is 118 cm³/mol. The zero-order valence-electron chi connectivity index (χ0n) is 17.3. The molecule has 168 valence electrons. The van der Waals surface area contributed by atoms with Gasteiger partial charge in [0.25, 0.3) is 0 Å². The van der Waals surface area contributed by atoms with Crippen LogP contribution in [0.5, 0.6) is 0 Å². The Morgan fingerprint density at radius 2 is 1.72 bits per heavy atom. The van der Waals surface area contributed by atoms with Crippen molar-refractivity contribution >= 4 is 11.8 Å². The summed E-state index contributed by atoms with van der Waals surface area (Å²) in [6.07, 6.45) is -4.86. The minimum Gasteiger partial charge on any atom is -0.374 e. The summed E-state index contributed by atoms with van der Waals surface area (Å²) in [4.78, 5) is 2.34. The van der Waals surface area contributed by atoms with Crippen LogP contribution in [0.1, 0.15) is 21.9 Å². The Morgan fingerprint density at radius 1 is 0.969 bits per heavy atom. The summed E-state index contributed by atoms with van der Waals surface area (Å²) in [7, 11) is 0. The molecule has 0 spiro atoms. The zero-order chi connectivity index (χ0) is 22.6. The minimum atomic E-state index is -4.47. The number of nitrogens with zero attached hydrogens (tertiary/aromatic N) is 1. The van der Waals surface area contributed by atoms with Crippen molar-refractivity contribution in [3.05, 3.63) is 101 Å². The Balaban J connectivity index is 1.62. The van der Waals surface area contributed by atoms with Crippen LogP contribution in [0.25, 0.3) is 0 Å². The van der Waals surface area contributed by atoms with Crippen molar-refractivity contribution in [2.45, 2.75) is 29.0 Å². The summed E-state index contributed by atoms with van der Waals surface area (Å²) in [5.74, 6) is -0.422. The van der Waals surface area contributed by atoms with Gasteiger partial charge in [-0.3, -0.25) is 4.90 Å². The number of hydrogen-bond acceptors (Lipinski definition) is 3. The van der Waals surface area contributed by atoms with Crippen LogP contribution in [-0.4, -0.2) is 30.7 Å². The van der Waals surface area contributed by atoms with Gasteiger partial charge in [0.05, 0.1) is 23.5 Å². The fourth-order valence-corrected chi connectivity index (χ4v) is 5.22. The third kappa shape index (κ3) is 5.71. The second-order valence-electron chi connectivity index (χ2n) is 7.72. The Bertz CT molecular complexity index is 1030. The molecule has 1 heterocycles. The molecular weight excluding hydrogens is 438 g/mol. The molecular formula is C25H23F4NOS. The van der Waals surface area contributed by atoms with Crippen LogP contribution in [0.2, 0.25) is 0 Å². The molecule has 2 atom stereocenters. The highest BCUT2D eigenvalue weighted by molar-refractivity contribution is 7.99. The van der Waals surface area contributed by atoms with Crippen LogP contribution >= 0.6 is 11.8 Å². The Hall–Kier alpha value is -2.35. The van der Waals surface area contributed by atoms with Crippen molar-refractivity contribution in [1.82, 2.24) is 4.90 Å². The number of rotatable bonds is 6. The average Bonchev–Trinajstić information content (AvgIpc) is 2.78. The number of thioether (sulfide) groups is 1. The topological polar surface area (TPSA) is 12.5 Å². The summed E-state index contributed by atoms with van der Waals surface area (Å²) in [5, 5.41) is -0.493. The number of benzene rings is 3. The molecule has 0 bridgehead atoms. The van der Waals surface area contributed by atoms with Gasteiger partial charge >= 0.3 is 6.18 Å². The molecule has 3 aromatic rings. The van der Waals surface area contributed by atoms with Crippen LogP contribution in [0.4, 0.5) is 17.6 Å². The lowest BCUT2D eigenvalue weighted by Crippen LogP contribution is -2.44. The van der Waals surface area contributed by atoms with Gasteiger partial charge in [-0.2, -0.15) is 13.2 Å². The first-order valence-electron chi connectivity index (χ1n) is 10.4. The molecule has 0 aliphatic carbocycles. The van der Waals surface area contributed by atoms with Crippen molar-refractivity contribution in [2.24, 2.45) is 0 Å². The lowest BCUT2D eigenvalue weighted by atomic mass is 10.1. The SMILES string of the molecule is Fc1cccc(C(Sc2ccccc2C(F)(F)F)[C@H]2CN(Cc3ccccc3)CCO2)c1. The molecule has 7 heteroatoms. The first kappa shape index (κ1) is 22.8. The van der Waals surface area contributed by atoms with Crippen molar-refractivity contribution in [2.75, 3.05) is 19.7 Å². The molecule has 3 aromatic carbocycles. The standard InChI is InChI=1S/C25H23F4NOS/c26-20-10-6-9-19(15-20)24(32-23-12-5-4-11-21(23)25(27,28)29)22-17-30(13-14-31-22)16-18-7-2-1-3-8-18/h1-12,15,22,24H,13-14,16-17H2/t22-,24?/m1/s1. The molecule has 32 heavy (non-hydrogen) atoms. The van der Waals surface area contributed by atoms with E-state index in [1.54, 1.807) is 18.2 Å². The summed E-state index contributed by atoms with van der Waals surface area (Å²) in [6, 6.07) is 21.6. The van der Waals surface area contributed by atoms with Crippen molar-refractivity contribution in [3.8, 4) is 0 Å². The molecule has 0 saturated carbocycles. The number of ether oxygens (including phenoxy) is 1. The van der Waals surface area contributed by atoms with Crippen LogP contribution in [0, 0.1) is 5.82 Å². The molecule has 1 saturated heterocycles. The Morgan fingerprint density at radius 3 is 2.47 bits per heavy atom. The van der Waals surface area contributed by atoms with E-state index in [9.17, 15) is 17.6 Å². The molecule has 0 aromatic heterocycles. The van der Waals surface area contributed by atoms with Crippen molar-refractivity contribution < 1.29 is 22.3 Å². The highest BCUT2D eigenvalue weighted by Gasteiger charge is 2.36. The maximum atomic E-state index is 14.0. The smallest absolute Gasteiger partial charge is 0.374 e. The van der Waals surface area contributed by atoms with Gasteiger partial charge in [0, 0.05) is 24.5 Å². The van der Waals surface area contributed by atoms with Crippen LogP contribution < -0.4 is 0 Å². The molecule has 4 rings (SSSR count). The zero-order valence-corrected chi connectivity index (χ0v) is 18.1. The largest absolute Gasteiger partial charge is 0.417 e. The average molecular weight is 462 g/mol. The molecule has 1 fully saturated rings. The molecule has 0 N–H and O–H groups in total. The highest BCUT2D eigenvalue weighted by Crippen LogP contribution is 2.45. The molecule has 1 unspecified atom stereocenters. The van der Waals surface area contributed by atoms with Crippen molar-refractivity contribution in [1.29, 1.82) is 0 Å². The highest BCUT2D eigenvalue weighted by atomic mass is 32.2. The van der Waals surface area contributed by atoms with Crippen molar-refractivity contribution in [3.63, 3.8) is 0 Å².